The molecule has 0 aromatic heterocycles. The average molecular weight is 527 g/mol. The van der Waals surface area contributed by atoms with Crippen molar-refractivity contribution in [3.8, 4) is 0 Å². The summed E-state index contributed by atoms with van der Waals surface area (Å²) in [7, 11) is 0. The summed E-state index contributed by atoms with van der Waals surface area (Å²) in [4.78, 5) is 53.3. The number of hydrogen-bond donors (Lipinski definition) is 4. The second-order valence-electron chi connectivity index (χ2n) is 9.72. The average Bonchev–Trinajstić information content (AvgIpc) is 3.28. The molecule has 10 heteroatoms. The van der Waals surface area contributed by atoms with E-state index in [9.17, 15) is 19.2 Å². The van der Waals surface area contributed by atoms with Gasteiger partial charge in [-0.25, -0.2) is 10.2 Å². The lowest BCUT2D eigenvalue weighted by Crippen LogP contribution is -2.55. The number of nitrogens with one attached hydrogen (secondary N) is 3. The molecule has 0 saturated heterocycles. The van der Waals surface area contributed by atoms with Crippen LogP contribution in [0.4, 0.5) is 10.5 Å². The molecule has 0 fully saturated rings. The Bertz CT molecular complexity index is 1480. The van der Waals surface area contributed by atoms with Crippen molar-refractivity contribution in [3.63, 3.8) is 0 Å². The van der Waals surface area contributed by atoms with Crippen molar-refractivity contribution in [2.45, 2.75) is 50.7 Å². The first-order valence-electron chi connectivity index (χ1n) is 13.0. The van der Waals surface area contributed by atoms with E-state index in [4.69, 9.17) is 5.73 Å². The first-order chi connectivity index (χ1) is 18.9. The van der Waals surface area contributed by atoms with Gasteiger partial charge in [-0.3, -0.25) is 19.3 Å². The minimum atomic E-state index is -0.807. The van der Waals surface area contributed by atoms with Gasteiger partial charge in [0, 0.05) is 18.2 Å². The van der Waals surface area contributed by atoms with Crippen molar-refractivity contribution in [1.29, 1.82) is 0 Å². The number of nitrogens with zero attached hydrogens (tertiary/aromatic N) is 2. The summed E-state index contributed by atoms with van der Waals surface area (Å²) in [5, 5.41) is 11.4. The summed E-state index contributed by atoms with van der Waals surface area (Å²) < 4.78 is 0. The van der Waals surface area contributed by atoms with Crippen LogP contribution in [0.15, 0.2) is 65.8 Å². The lowest BCUT2D eigenvalue weighted by atomic mass is 10.0. The Morgan fingerprint density at radius 2 is 1.82 bits per heavy atom. The molecule has 10 nitrogen and oxygen atoms in total. The molecule has 2 aliphatic rings. The molecule has 5 rings (SSSR count). The Balaban J connectivity index is 1.40. The van der Waals surface area contributed by atoms with E-state index >= 15 is 0 Å². The van der Waals surface area contributed by atoms with E-state index in [2.05, 4.69) is 21.2 Å². The van der Waals surface area contributed by atoms with Crippen molar-refractivity contribution >= 4 is 46.4 Å². The van der Waals surface area contributed by atoms with Gasteiger partial charge in [0.05, 0.1) is 11.7 Å². The summed E-state index contributed by atoms with van der Waals surface area (Å²) in [6.07, 6.45) is 3.27. The van der Waals surface area contributed by atoms with Crippen LogP contribution >= 0.6 is 0 Å². The molecule has 3 aromatic carbocycles. The highest BCUT2D eigenvalue weighted by Gasteiger charge is 2.44. The zero-order valence-electron chi connectivity index (χ0n) is 21.5. The molecule has 5 amide bonds. The highest BCUT2D eigenvalue weighted by atomic mass is 16.2. The number of aryl methyl sites for hydroxylation is 1. The number of primary amides is 1. The fourth-order valence-corrected chi connectivity index (χ4v) is 5.35. The van der Waals surface area contributed by atoms with Gasteiger partial charge >= 0.3 is 6.03 Å². The number of hydrazone groups is 1. The van der Waals surface area contributed by atoms with E-state index in [1.165, 1.54) is 6.21 Å². The summed E-state index contributed by atoms with van der Waals surface area (Å²) in [5.41, 5.74) is 10.3. The van der Waals surface area contributed by atoms with Gasteiger partial charge in [0.25, 0.3) is 5.91 Å². The minimum Gasteiger partial charge on any atom is -0.350 e. The van der Waals surface area contributed by atoms with Crippen LogP contribution in [0.5, 0.6) is 0 Å². The molecule has 0 unspecified atom stereocenters. The van der Waals surface area contributed by atoms with Crippen LogP contribution in [0.2, 0.25) is 0 Å². The molecule has 39 heavy (non-hydrogen) atoms. The van der Waals surface area contributed by atoms with E-state index in [0.717, 1.165) is 27.6 Å². The van der Waals surface area contributed by atoms with Crippen LogP contribution in [-0.4, -0.2) is 48.1 Å². The molecule has 0 spiro atoms. The number of para-hydroxylation sites is 1. The molecular weight excluding hydrogens is 496 g/mol. The van der Waals surface area contributed by atoms with Gasteiger partial charge in [0.2, 0.25) is 11.8 Å². The number of urea groups is 1. The van der Waals surface area contributed by atoms with E-state index in [1.807, 2.05) is 61.5 Å². The van der Waals surface area contributed by atoms with Gasteiger partial charge in [0.15, 0.2) is 0 Å². The van der Waals surface area contributed by atoms with Crippen molar-refractivity contribution in [2.24, 2.45) is 10.8 Å². The predicted octanol–water partition coefficient (Wildman–Crippen LogP) is 2.39. The van der Waals surface area contributed by atoms with E-state index in [1.54, 1.807) is 11.0 Å². The number of nitrogens with two attached hydrogens (primary N) is 1. The van der Waals surface area contributed by atoms with Gasteiger partial charge in [0.1, 0.15) is 12.1 Å². The van der Waals surface area contributed by atoms with Crippen LogP contribution in [0.3, 0.4) is 0 Å². The van der Waals surface area contributed by atoms with Crippen molar-refractivity contribution in [3.05, 3.63) is 77.4 Å². The SMILES string of the molecule is CC[C@@H](/C=N/NC(N)=O)NC(=O)[C@@H]1Cc2cccc3c2N1C(=O)[C@@H](NC(=O)c1cccc2ccccc12)CC3. The zero-order valence-corrected chi connectivity index (χ0v) is 21.5. The summed E-state index contributed by atoms with van der Waals surface area (Å²) in [5.74, 6) is -0.991. The molecule has 200 valence electrons. The third-order valence-corrected chi connectivity index (χ3v) is 7.25. The Hall–Kier alpha value is -4.73. The van der Waals surface area contributed by atoms with Crippen LogP contribution < -0.4 is 26.7 Å². The Kier molecular flexibility index (Phi) is 7.27. The number of rotatable bonds is 7. The van der Waals surface area contributed by atoms with Gasteiger partial charge in [-0.15, -0.1) is 0 Å². The van der Waals surface area contributed by atoms with Crippen LogP contribution in [0, 0.1) is 0 Å². The number of hydrogen-bond acceptors (Lipinski definition) is 5. The standard InChI is InChI=1S/C29H30N6O4/c1-2-20(16-31-34-29(30)39)32-27(37)24-15-19-10-5-9-18-13-14-23(28(38)35(24)25(18)19)33-26(36)22-12-6-8-17-7-3-4-11-21(17)22/h3-12,16,20,23-24H,2,13-15H2,1H3,(H,32,37)(H,33,36)(H3,30,34,39)/b31-16+/t20-,23-,24-/m0/s1. The monoisotopic (exact) mass is 526 g/mol. The topological polar surface area (TPSA) is 146 Å². The maximum atomic E-state index is 14.0. The quantitative estimate of drug-likeness (QED) is 0.277. The summed E-state index contributed by atoms with van der Waals surface area (Å²) >= 11 is 0. The number of anilines is 1. The molecule has 2 aliphatic heterocycles. The second kappa shape index (κ2) is 10.9. The van der Waals surface area contributed by atoms with E-state index < -0.39 is 24.2 Å². The normalized spacial score (nSPS) is 18.9. The lowest BCUT2D eigenvalue weighted by molar-refractivity contribution is -0.127. The summed E-state index contributed by atoms with van der Waals surface area (Å²) in [6, 6.07) is 16.1. The van der Waals surface area contributed by atoms with Gasteiger partial charge in [-0.05, 0) is 47.2 Å². The maximum Gasteiger partial charge on any atom is 0.332 e. The van der Waals surface area contributed by atoms with Gasteiger partial charge in [-0.1, -0.05) is 61.5 Å². The molecule has 0 bridgehead atoms. The lowest BCUT2D eigenvalue weighted by Gasteiger charge is -2.28. The van der Waals surface area contributed by atoms with Gasteiger partial charge < -0.3 is 16.4 Å². The molecule has 0 radical (unpaired) electrons. The third-order valence-electron chi connectivity index (χ3n) is 7.25. The molecule has 0 aliphatic carbocycles. The fourth-order valence-electron chi connectivity index (χ4n) is 5.35. The molecular formula is C29H30N6O4. The van der Waals surface area contributed by atoms with Crippen molar-refractivity contribution < 1.29 is 19.2 Å². The largest absolute Gasteiger partial charge is 0.350 e. The fraction of sp³-hybridized carbons (Fsp3) is 0.276. The first-order valence-corrected chi connectivity index (χ1v) is 13.0. The van der Waals surface area contributed by atoms with Crippen LogP contribution in [0.1, 0.15) is 41.3 Å². The first kappa shape index (κ1) is 25.9. The number of fused-ring (bicyclic) bond motifs is 1. The highest BCUT2D eigenvalue weighted by molar-refractivity contribution is 6.11. The third kappa shape index (κ3) is 5.18. The maximum absolute atomic E-state index is 14.0. The highest BCUT2D eigenvalue weighted by Crippen LogP contribution is 2.39. The minimum absolute atomic E-state index is 0.315. The molecule has 3 atom stereocenters. The molecule has 2 heterocycles. The van der Waals surface area contributed by atoms with E-state index in [-0.39, 0.29) is 17.7 Å². The Morgan fingerprint density at radius 1 is 1.08 bits per heavy atom. The molecule has 0 saturated carbocycles. The van der Waals surface area contributed by atoms with Crippen LogP contribution in [-0.2, 0) is 22.4 Å². The van der Waals surface area contributed by atoms with Crippen LogP contribution in [0.25, 0.3) is 10.8 Å². The molecule has 3 aromatic rings. The Labute approximate surface area is 225 Å². The van der Waals surface area contributed by atoms with Crippen molar-refractivity contribution in [1.82, 2.24) is 16.1 Å². The number of carbonyl (C=O) groups excluding carboxylic acids is 4. The second-order valence-corrected chi connectivity index (χ2v) is 9.72. The number of carbonyl (C=O) groups is 4. The Morgan fingerprint density at radius 3 is 2.62 bits per heavy atom. The predicted molar refractivity (Wildman–Crippen MR) is 148 cm³/mol. The van der Waals surface area contributed by atoms with E-state index in [0.29, 0.717) is 31.2 Å². The van der Waals surface area contributed by atoms with Gasteiger partial charge in [-0.2, -0.15) is 5.10 Å². The number of benzene rings is 3. The summed E-state index contributed by atoms with van der Waals surface area (Å²) in [6.45, 7) is 1.86. The van der Waals surface area contributed by atoms with Crippen molar-refractivity contribution in [2.75, 3.05) is 4.90 Å². The molecule has 5 N–H and O–H groups in total. The zero-order chi connectivity index (χ0) is 27.5. The smallest absolute Gasteiger partial charge is 0.332 e. The number of amides is 5.